The molecule has 1 heterocycles. The standard InChI is InChI=1S/C13H16O/c1-3-12-13(2,14-12)10-9-11-7-5-4-6-8-11/h3-8,12H,1,9-10H2,2H3. The van der Waals surface area contributed by atoms with Gasteiger partial charge in [-0.3, -0.25) is 0 Å². The van der Waals surface area contributed by atoms with E-state index in [9.17, 15) is 0 Å². The first-order chi connectivity index (χ1) is 6.74. The van der Waals surface area contributed by atoms with Crippen LogP contribution in [0.3, 0.4) is 0 Å². The summed E-state index contributed by atoms with van der Waals surface area (Å²) >= 11 is 0. The average Bonchev–Trinajstić information content (AvgIpc) is 2.89. The number of epoxide rings is 1. The minimum absolute atomic E-state index is 0.0532. The molecule has 1 aromatic rings. The predicted octanol–water partition coefficient (Wildman–Crippen LogP) is 2.96. The van der Waals surface area contributed by atoms with Gasteiger partial charge in [0.05, 0.1) is 5.60 Å². The smallest absolute Gasteiger partial charge is 0.105 e. The molecule has 14 heavy (non-hydrogen) atoms. The molecule has 0 aromatic heterocycles. The summed E-state index contributed by atoms with van der Waals surface area (Å²) in [5.41, 5.74) is 1.43. The lowest BCUT2D eigenvalue weighted by Crippen LogP contribution is -2.09. The Kier molecular flexibility index (Phi) is 2.42. The zero-order chi connectivity index (χ0) is 10.0. The van der Waals surface area contributed by atoms with Gasteiger partial charge in [-0.15, -0.1) is 6.58 Å². The van der Waals surface area contributed by atoms with E-state index in [1.807, 2.05) is 12.1 Å². The van der Waals surface area contributed by atoms with Gasteiger partial charge < -0.3 is 4.74 Å². The number of ether oxygens (including phenoxy) is 1. The quantitative estimate of drug-likeness (QED) is 0.522. The summed E-state index contributed by atoms with van der Waals surface area (Å²) in [6, 6.07) is 10.5. The van der Waals surface area contributed by atoms with E-state index in [0.717, 1.165) is 12.8 Å². The van der Waals surface area contributed by atoms with E-state index in [1.54, 1.807) is 0 Å². The van der Waals surface area contributed by atoms with Gasteiger partial charge in [0.2, 0.25) is 0 Å². The van der Waals surface area contributed by atoms with Crippen molar-refractivity contribution in [3.63, 3.8) is 0 Å². The molecule has 1 fully saturated rings. The topological polar surface area (TPSA) is 12.5 Å². The molecule has 0 spiro atoms. The first-order valence-corrected chi connectivity index (χ1v) is 5.09. The van der Waals surface area contributed by atoms with E-state index in [1.165, 1.54) is 5.56 Å². The normalized spacial score (nSPS) is 29.9. The Morgan fingerprint density at radius 1 is 1.43 bits per heavy atom. The van der Waals surface area contributed by atoms with Gasteiger partial charge in [-0.25, -0.2) is 0 Å². The fraction of sp³-hybridized carbons (Fsp3) is 0.385. The van der Waals surface area contributed by atoms with E-state index in [-0.39, 0.29) is 11.7 Å². The molecule has 0 N–H and O–H groups in total. The molecule has 2 rings (SSSR count). The third kappa shape index (κ3) is 1.88. The van der Waals surface area contributed by atoms with E-state index >= 15 is 0 Å². The summed E-state index contributed by atoms with van der Waals surface area (Å²) in [4.78, 5) is 0. The Balaban J connectivity index is 1.87. The van der Waals surface area contributed by atoms with Crippen molar-refractivity contribution in [2.45, 2.75) is 31.5 Å². The monoisotopic (exact) mass is 188 g/mol. The molecule has 1 aromatic carbocycles. The van der Waals surface area contributed by atoms with Gasteiger partial charge in [-0.2, -0.15) is 0 Å². The van der Waals surface area contributed by atoms with Crippen molar-refractivity contribution in [3.8, 4) is 0 Å². The lowest BCUT2D eigenvalue weighted by atomic mass is 9.98. The van der Waals surface area contributed by atoms with Gasteiger partial charge in [-0.1, -0.05) is 36.4 Å². The molecule has 0 bridgehead atoms. The molecule has 1 aliphatic rings. The number of rotatable bonds is 4. The molecule has 2 unspecified atom stereocenters. The fourth-order valence-corrected chi connectivity index (χ4v) is 1.79. The average molecular weight is 188 g/mol. The van der Waals surface area contributed by atoms with Gasteiger partial charge in [0, 0.05) is 0 Å². The lowest BCUT2D eigenvalue weighted by Gasteiger charge is -2.05. The van der Waals surface area contributed by atoms with Crippen molar-refractivity contribution >= 4 is 0 Å². The molecular weight excluding hydrogens is 172 g/mol. The minimum Gasteiger partial charge on any atom is -0.362 e. The molecule has 1 aliphatic heterocycles. The zero-order valence-electron chi connectivity index (χ0n) is 8.57. The largest absolute Gasteiger partial charge is 0.362 e. The second kappa shape index (κ2) is 3.58. The predicted molar refractivity (Wildman–Crippen MR) is 58.2 cm³/mol. The highest BCUT2D eigenvalue weighted by molar-refractivity contribution is 5.17. The van der Waals surface area contributed by atoms with Crippen LogP contribution >= 0.6 is 0 Å². The first-order valence-electron chi connectivity index (χ1n) is 5.09. The molecule has 1 saturated heterocycles. The maximum atomic E-state index is 5.56. The van der Waals surface area contributed by atoms with Crippen LogP contribution in [0.2, 0.25) is 0 Å². The molecule has 74 valence electrons. The number of hydrogen-bond donors (Lipinski definition) is 0. The van der Waals surface area contributed by atoms with Crippen molar-refractivity contribution in [2.75, 3.05) is 0 Å². The highest BCUT2D eigenvalue weighted by Crippen LogP contribution is 2.40. The van der Waals surface area contributed by atoms with Crippen molar-refractivity contribution in [2.24, 2.45) is 0 Å². The molecule has 0 saturated carbocycles. The van der Waals surface area contributed by atoms with Crippen LogP contribution < -0.4 is 0 Å². The molecular formula is C13H16O. The van der Waals surface area contributed by atoms with Crippen LogP contribution in [0, 0.1) is 0 Å². The summed E-state index contributed by atoms with van der Waals surface area (Å²) in [7, 11) is 0. The summed E-state index contributed by atoms with van der Waals surface area (Å²) in [6.45, 7) is 5.90. The summed E-state index contributed by atoms with van der Waals surface area (Å²) < 4.78 is 5.56. The minimum atomic E-state index is 0.0532. The zero-order valence-corrected chi connectivity index (χ0v) is 8.57. The summed E-state index contributed by atoms with van der Waals surface area (Å²) in [6.07, 6.45) is 4.33. The maximum absolute atomic E-state index is 5.56. The van der Waals surface area contributed by atoms with Crippen LogP contribution in [0.4, 0.5) is 0 Å². The Bertz CT molecular complexity index is 317. The fourth-order valence-electron chi connectivity index (χ4n) is 1.79. The van der Waals surface area contributed by atoms with Crippen molar-refractivity contribution < 1.29 is 4.74 Å². The Hall–Kier alpha value is -1.08. The van der Waals surface area contributed by atoms with E-state index in [0.29, 0.717) is 0 Å². The summed E-state index contributed by atoms with van der Waals surface area (Å²) in [5.74, 6) is 0. The van der Waals surface area contributed by atoms with Crippen molar-refractivity contribution in [3.05, 3.63) is 48.6 Å². The number of benzene rings is 1. The second-order valence-electron chi connectivity index (χ2n) is 4.07. The van der Waals surface area contributed by atoms with Gasteiger partial charge in [0.1, 0.15) is 6.10 Å². The third-order valence-electron chi connectivity index (χ3n) is 2.91. The van der Waals surface area contributed by atoms with Crippen LogP contribution in [-0.4, -0.2) is 11.7 Å². The molecule has 1 nitrogen and oxygen atoms in total. The second-order valence-corrected chi connectivity index (χ2v) is 4.07. The van der Waals surface area contributed by atoms with Crippen LogP contribution in [0.5, 0.6) is 0 Å². The Morgan fingerprint density at radius 2 is 2.14 bits per heavy atom. The van der Waals surface area contributed by atoms with Gasteiger partial charge in [0.15, 0.2) is 0 Å². The van der Waals surface area contributed by atoms with Gasteiger partial charge in [0.25, 0.3) is 0 Å². The van der Waals surface area contributed by atoms with Crippen molar-refractivity contribution in [1.82, 2.24) is 0 Å². The van der Waals surface area contributed by atoms with Gasteiger partial charge >= 0.3 is 0 Å². The van der Waals surface area contributed by atoms with Crippen LogP contribution in [0.1, 0.15) is 18.9 Å². The van der Waals surface area contributed by atoms with E-state index in [2.05, 4.69) is 37.8 Å². The number of aryl methyl sites for hydroxylation is 1. The van der Waals surface area contributed by atoms with E-state index < -0.39 is 0 Å². The molecule has 1 heteroatoms. The maximum Gasteiger partial charge on any atom is 0.105 e. The molecule has 0 amide bonds. The molecule has 0 aliphatic carbocycles. The molecule has 2 atom stereocenters. The van der Waals surface area contributed by atoms with Crippen LogP contribution in [0.15, 0.2) is 43.0 Å². The highest BCUT2D eigenvalue weighted by atomic mass is 16.6. The Labute approximate surface area is 85.4 Å². The Morgan fingerprint density at radius 3 is 2.71 bits per heavy atom. The van der Waals surface area contributed by atoms with Crippen molar-refractivity contribution in [1.29, 1.82) is 0 Å². The summed E-state index contributed by atoms with van der Waals surface area (Å²) in [5, 5.41) is 0. The lowest BCUT2D eigenvalue weighted by molar-refractivity contribution is 0.302. The van der Waals surface area contributed by atoms with Crippen LogP contribution in [-0.2, 0) is 11.2 Å². The highest BCUT2D eigenvalue weighted by Gasteiger charge is 2.49. The molecule has 0 radical (unpaired) electrons. The third-order valence-corrected chi connectivity index (χ3v) is 2.91. The number of hydrogen-bond acceptors (Lipinski definition) is 1. The SMILES string of the molecule is C=CC1OC1(C)CCc1ccccc1. The van der Waals surface area contributed by atoms with E-state index in [4.69, 9.17) is 4.74 Å². The first kappa shape index (κ1) is 9.47. The van der Waals surface area contributed by atoms with Gasteiger partial charge in [-0.05, 0) is 25.3 Å². The van der Waals surface area contributed by atoms with Crippen LogP contribution in [0.25, 0.3) is 0 Å².